The van der Waals surface area contributed by atoms with Gasteiger partial charge in [-0.15, -0.1) is 0 Å². The zero-order chi connectivity index (χ0) is 14.7. The number of ketones is 1. The third-order valence-electron chi connectivity index (χ3n) is 2.95. The molecule has 1 aromatic heterocycles. The quantitative estimate of drug-likeness (QED) is 0.787. The first-order chi connectivity index (χ1) is 9.58. The number of hydrogen-bond acceptors (Lipinski definition) is 3. The highest BCUT2D eigenvalue weighted by Crippen LogP contribution is 2.33. The molecule has 0 fully saturated rings. The van der Waals surface area contributed by atoms with E-state index in [9.17, 15) is 4.79 Å². The molecule has 0 radical (unpaired) electrons. The Bertz CT molecular complexity index is 618. The van der Waals surface area contributed by atoms with Crippen molar-refractivity contribution in [1.29, 1.82) is 0 Å². The van der Waals surface area contributed by atoms with Crippen molar-refractivity contribution in [2.45, 2.75) is 27.3 Å². The van der Waals surface area contributed by atoms with Crippen molar-refractivity contribution < 1.29 is 9.53 Å². The van der Waals surface area contributed by atoms with Crippen LogP contribution in [0, 0.1) is 0 Å². The van der Waals surface area contributed by atoms with Crippen molar-refractivity contribution in [3.8, 4) is 17.0 Å². The smallest absolute Gasteiger partial charge is 0.181 e. The largest absolute Gasteiger partial charge is 0.489 e. The summed E-state index contributed by atoms with van der Waals surface area (Å²) in [5.41, 5.74) is 2.07. The van der Waals surface area contributed by atoms with Crippen LogP contribution >= 0.6 is 11.6 Å². The molecule has 0 spiro atoms. The van der Waals surface area contributed by atoms with E-state index in [2.05, 4.69) is 5.10 Å². The Balaban J connectivity index is 2.62. The topological polar surface area (TPSA) is 44.1 Å². The number of carbonyl (C=O) groups is 1. The van der Waals surface area contributed by atoms with Gasteiger partial charge in [-0.1, -0.05) is 23.7 Å². The first kappa shape index (κ1) is 14.6. The van der Waals surface area contributed by atoms with E-state index in [1.165, 1.54) is 6.92 Å². The molecule has 106 valence electrons. The maximum Gasteiger partial charge on any atom is 0.181 e. The fourth-order valence-corrected chi connectivity index (χ4v) is 2.22. The van der Waals surface area contributed by atoms with Crippen LogP contribution in [-0.2, 0) is 6.54 Å². The number of aryl methyl sites for hydroxylation is 1. The SMILES string of the molecule is CCOc1c(-c2ccc(Cl)cc2)nn(CC)c1C(C)=O. The second-order valence-corrected chi connectivity index (χ2v) is 4.77. The number of carbonyl (C=O) groups excluding carboxylic acids is 1. The van der Waals surface area contributed by atoms with Crippen LogP contribution in [0.15, 0.2) is 24.3 Å². The fourth-order valence-electron chi connectivity index (χ4n) is 2.09. The van der Waals surface area contributed by atoms with Gasteiger partial charge in [0, 0.05) is 24.1 Å². The minimum Gasteiger partial charge on any atom is -0.489 e. The number of nitrogens with zero attached hydrogens (tertiary/aromatic N) is 2. The van der Waals surface area contributed by atoms with E-state index >= 15 is 0 Å². The average molecular weight is 293 g/mol. The van der Waals surface area contributed by atoms with Crippen LogP contribution in [0.3, 0.4) is 0 Å². The second kappa shape index (κ2) is 6.09. The molecule has 1 heterocycles. The van der Waals surface area contributed by atoms with Crippen LogP contribution in [0.4, 0.5) is 0 Å². The minimum absolute atomic E-state index is 0.0528. The highest BCUT2D eigenvalue weighted by atomic mass is 35.5. The summed E-state index contributed by atoms with van der Waals surface area (Å²) in [6.45, 7) is 6.45. The van der Waals surface area contributed by atoms with Gasteiger partial charge in [-0.25, -0.2) is 0 Å². The molecule has 2 aromatic rings. The lowest BCUT2D eigenvalue weighted by atomic mass is 10.1. The van der Waals surface area contributed by atoms with Crippen LogP contribution < -0.4 is 4.74 Å². The standard InChI is InChI=1S/C15H17ClN2O2/c1-4-18-14(10(3)19)15(20-5-2)13(17-18)11-6-8-12(16)9-7-11/h6-9H,4-5H2,1-3H3. The Morgan fingerprint density at radius 3 is 2.45 bits per heavy atom. The van der Waals surface area contributed by atoms with Gasteiger partial charge in [-0.2, -0.15) is 5.10 Å². The summed E-state index contributed by atoms with van der Waals surface area (Å²) < 4.78 is 7.34. The number of benzene rings is 1. The number of aromatic nitrogens is 2. The van der Waals surface area contributed by atoms with Crippen molar-refractivity contribution in [2.75, 3.05) is 6.61 Å². The maximum absolute atomic E-state index is 11.9. The summed E-state index contributed by atoms with van der Waals surface area (Å²) in [5, 5.41) is 5.16. The number of halogens is 1. The average Bonchev–Trinajstić information content (AvgIpc) is 2.79. The molecule has 0 N–H and O–H groups in total. The molecule has 0 amide bonds. The fraction of sp³-hybridized carbons (Fsp3) is 0.333. The molecule has 2 rings (SSSR count). The van der Waals surface area contributed by atoms with Gasteiger partial charge in [0.2, 0.25) is 0 Å². The van der Waals surface area contributed by atoms with Crippen LogP contribution in [0.2, 0.25) is 5.02 Å². The van der Waals surface area contributed by atoms with Gasteiger partial charge in [0.1, 0.15) is 11.4 Å². The van der Waals surface area contributed by atoms with Gasteiger partial charge in [0.05, 0.1) is 6.61 Å². The van der Waals surface area contributed by atoms with Gasteiger partial charge in [0.15, 0.2) is 11.5 Å². The summed E-state index contributed by atoms with van der Waals surface area (Å²) in [4.78, 5) is 11.9. The number of hydrogen-bond donors (Lipinski definition) is 0. The Kier molecular flexibility index (Phi) is 4.45. The van der Waals surface area contributed by atoms with Gasteiger partial charge in [-0.3, -0.25) is 9.48 Å². The molecule has 0 saturated heterocycles. The Labute approximate surface area is 123 Å². The van der Waals surface area contributed by atoms with Crippen LogP contribution in [0.25, 0.3) is 11.3 Å². The van der Waals surface area contributed by atoms with E-state index in [-0.39, 0.29) is 5.78 Å². The predicted molar refractivity (Wildman–Crippen MR) is 79.5 cm³/mol. The minimum atomic E-state index is -0.0528. The molecule has 5 heteroatoms. The van der Waals surface area contributed by atoms with Crippen LogP contribution in [0.1, 0.15) is 31.3 Å². The lowest BCUT2D eigenvalue weighted by molar-refractivity contribution is 0.0999. The zero-order valence-corrected chi connectivity index (χ0v) is 12.6. The van der Waals surface area contributed by atoms with Gasteiger partial charge in [0.25, 0.3) is 0 Å². The summed E-state index contributed by atoms with van der Waals surface area (Å²) in [6, 6.07) is 7.34. The summed E-state index contributed by atoms with van der Waals surface area (Å²) in [7, 11) is 0. The summed E-state index contributed by atoms with van der Waals surface area (Å²) in [5.74, 6) is 0.493. The van der Waals surface area contributed by atoms with Gasteiger partial charge < -0.3 is 4.74 Å². The number of ether oxygens (including phenoxy) is 1. The maximum atomic E-state index is 11.9. The molecule has 4 nitrogen and oxygen atoms in total. The molecule has 0 bridgehead atoms. The van der Waals surface area contributed by atoms with Gasteiger partial charge >= 0.3 is 0 Å². The van der Waals surface area contributed by atoms with Crippen molar-refractivity contribution in [3.05, 3.63) is 35.0 Å². The normalized spacial score (nSPS) is 10.6. The summed E-state index contributed by atoms with van der Waals surface area (Å²) >= 11 is 5.90. The van der Waals surface area contributed by atoms with E-state index < -0.39 is 0 Å². The third kappa shape index (κ3) is 2.70. The Hall–Kier alpha value is -1.81. The van der Waals surface area contributed by atoms with Crippen molar-refractivity contribution >= 4 is 17.4 Å². The van der Waals surface area contributed by atoms with E-state index in [1.807, 2.05) is 26.0 Å². The van der Waals surface area contributed by atoms with E-state index in [0.717, 1.165) is 5.56 Å². The molecule has 1 aromatic carbocycles. The van der Waals surface area contributed by atoms with Crippen LogP contribution in [0.5, 0.6) is 5.75 Å². The molecule has 0 saturated carbocycles. The number of Topliss-reactive ketones (excluding diaryl/α,β-unsaturated/α-hetero) is 1. The highest BCUT2D eigenvalue weighted by Gasteiger charge is 2.22. The molecular weight excluding hydrogens is 276 g/mol. The molecule has 20 heavy (non-hydrogen) atoms. The second-order valence-electron chi connectivity index (χ2n) is 4.34. The van der Waals surface area contributed by atoms with Crippen molar-refractivity contribution in [3.63, 3.8) is 0 Å². The molecule has 0 aliphatic rings. The van der Waals surface area contributed by atoms with Crippen LogP contribution in [-0.4, -0.2) is 22.2 Å². The number of rotatable bonds is 5. The van der Waals surface area contributed by atoms with E-state index in [4.69, 9.17) is 16.3 Å². The Morgan fingerprint density at radius 1 is 1.30 bits per heavy atom. The summed E-state index contributed by atoms with van der Waals surface area (Å²) in [6.07, 6.45) is 0. The van der Waals surface area contributed by atoms with Crippen molar-refractivity contribution in [2.24, 2.45) is 0 Å². The predicted octanol–water partition coefficient (Wildman–Crippen LogP) is 3.82. The Morgan fingerprint density at radius 2 is 1.95 bits per heavy atom. The lowest BCUT2D eigenvalue weighted by Gasteiger charge is -2.06. The molecule has 0 aliphatic carbocycles. The van der Waals surface area contributed by atoms with E-state index in [0.29, 0.717) is 35.3 Å². The first-order valence-electron chi connectivity index (χ1n) is 6.58. The third-order valence-corrected chi connectivity index (χ3v) is 3.20. The molecule has 0 unspecified atom stereocenters. The molecule has 0 atom stereocenters. The van der Waals surface area contributed by atoms with Crippen molar-refractivity contribution in [1.82, 2.24) is 9.78 Å². The van der Waals surface area contributed by atoms with E-state index in [1.54, 1.807) is 16.8 Å². The lowest BCUT2D eigenvalue weighted by Crippen LogP contribution is -2.08. The monoisotopic (exact) mass is 292 g/mol. The zero-order valence-electron chi connectivity index (χ0n) is 11.8. The first-order valence-corrected chi connectivity index (χ1v) is 6.96. The molecule has 0 aliphatic heterocycles. The highest BCUT2D eigenvalue weighted by molar-refractivity contribution is 6.30. The molecular formula is C15H17ClN2O2. The van der Waals surface area contributed by atoms with Gasteiger partial charge in [-0.05, 0) is 26.0 Å².